The summed E-state index contributed by atoms with van der Waals surface area (Å²) in [6.07, 6.45) is 1.54. The van der Waals surface area contributed by atoms with Crippen LogP contribution in [0.4, 0.5) is 0 Å². The van der Waals surface area contributed by atoms with Crippen molar-refractivity contribution in [3.8, 4) is 0 Å². The standard InChI is InChI=1S/C12H16N2O4S/c1-10-4-6-12(7-5-10)19(16,17)18-9-11-3-2-8-14(11)13-15/h4-7,11H,2-3,8-9H2,1H3. The Hall–Kier alpha value is -1.47. The molecule has 1 fully saturated rings. The topological polar surface area (TPSA) is 76.0 Å². The number of rotatable bonds is 5. The number of hydrogen-bond acceptors (Lipinski definition) is 5. The summed E-state index contributed by atoms with van der Waals surface area (Å²) < 4.78 is 28.9. The predicted molar refractivity (Wildman–Crippen MR) is 69.8 cm³/mol. The van der Waals surface area contributed by atoms with Crippen LogP contribution < -0.4 is 0 Å². The van der Waals surface area contributed by atoms with Gasteiger partial charge in [-0.15, -0.1) is 4.91 Å². The molecule has 2 rings (SSSR count). The van der Waals surface area contributed by atoms with Crippen molar-refractivity contribution in [2.24, 2.45) is 5.29 Å². The van der Waals surface area contributed by atoms with E-state index < -0.39 is 10.1 Å². The summed E-state index contributed by atoms with van der Waals surface area (Å²) in [5, 5.41) is 4.20. The molecule has 0 radical (unpaired) electrons. The van der Waals surface area contributed by atoms with Crippen molar-refractivity contribution in [1.82, 2.24) is 5.01 Å². The molecule has 0 bridgehead atoms. The average molecular weight is 284 g/mol. The number of benzene rings is 1. The van der Waals surface area contributed by atoms with Crippen molar-refractivity contribution in [2.75, 3.05) is 13.2 Å². The maximum absolute atomic E-state index is 11.9. The molecule has 0 aromatic heterocycles. The smallest absolute Gasteiger partial charge is 0.264 e. The van der Waals surface area contributed by atoms with Gasteiger partial charge in [0.25, 0.3) is 10.1 Å². The van der Waals surface area contributed by atoms with Crippen LogP contribution >= 0.6 is 0 Å². The van der Waals surface area contributed by atoms with E-state index in [1.807, 2.05) is 6.92 Å². The Bertz CT molecular complexity index is 541. The summed E-state index contributed by atoms with van der Waals surface area (Å²) in [4.78, 5) is 10.6. The Morgan fingerprint density at radius 2 is 2.05 bits per heavy atom. The summed E-state index contributed by atoms with van der Waals surface area (Å²) in [6, 6.07) is 6.19. The van der Waals surface area contributed by atoms with Gasteiger partial charge in [0.2, 0.25) is 0 Å². The second-order valence-corrected chi connectivity index (χ2v) is 6.21. The van der Waals surface area contributed by atoms with Crippen molar-refractivity contribution < 1.29 is 12.6 Å². The van der Waals surface area contributed by atoms with Gasteiger partial charge in [-0.1, -0.05) is 17.7 Å². The molecule has 19 heavy (non-hydrogen) atoms. The van der Waals surface area contributed by atoms with Crippen LogP contribution in [-0.2, 0) is 14.3 Å². The molecule has 1 heterocycles. The molecular weight excluding hydrogens is 268 g/mol. The number of nitrogens with zero attached hydrogens (tertiary/aromatic N) is 2. The van der Waals surface area contributed by atoms with E-state index in [0.29, 0.717) is 6.54 Å². The zero-order valence-electron chi connectivity index (χ0n) is 10.7. The normalized spacial score (nSPS) is 19.6. The Labute approximate surface area is 112 Å². The van der Waals surface area contributed by atoms with E-state index >= 15 is 0 Å². The third-order valence-corrected chi connectivity index (χ3v) is 4.47. The minimum Gasteiger partial charge on any atom is -0.264 e. The van der Waals surface area contributed by atoms with Gasteiger partial charge in [-0.25, -0.2) is 0 Å². The van der Waals surface area contributed by atoms with Gasteiger partial charge in [0.1, 0.15) is 0 Å². The third kappa shape index (κ3) is 3.30. The Kier molecular flexibility index (Phi) is 4.16. The maximum atomic E-state index is 11.9. The zero-order valence-corrected chi connectivity index (χ0v) is 11.5. The second kappa shape index (κ2) is 5.66. The first-order valence-corrected chi connectivity index (χ1v) is 7.50. The number of hydrogen-bond donors (Lipinski definition) is 0. The average Bonchev–Trinajstić information content (AvgIpc) is 2.84. The largest absolute Gasteiger partial charge is 0.297 e. The minimum atomic E-state index is -3.77. The second-order valence-electron chi connectivity index (χ2n) is 4.59. The van der Waals surface area contributed by atoms with Crippen LogP contribution in [0.3, 0.4) is 0 Å². The van der Waals surface area contributed by atoms with Gasteiger partial charge in [0.15, 0.2) is 0 Å². The van der Waals surface area contributed by atoms with Gasteiger partial charge in [-0.05, 0) is 31.9 Å². The summed E-state index contributed by atoms with van der Waals surface area (Å²) in [5.74, 6) is 0. The lowest BCUT2D eigenvalue weighted by molar-refractivity contribution is 0.179. The first-order chi connectivity index (χ1) is 9.03. The lowest BCUT2D eigenvalue weighted by Gasteiger charge is -2.17. The van der Waals surface area contributed by atoms with Gasteiger partial charge in [-0.2, -0.15) is 8.42 Å². The molecule has 6 nitrogen and oxygen atoms in total. The molecule has 0 N–H and O–H groups in total. The first-order valence-electron chi connectivity index (χ1n) is 6.09. The van der Waals surface area contributed by atoms with Gasteiger partial charge < -0.3 is 0 Å². The van der Waals surface area contributed by atoms with Crippen molar-refractivity contribution in [3.05, 3.63) is 34.7 Å². The molecule has 1 aliphatic rings. The third-order valence-electron chi connectivity index (χ3n) is 3.18. The molecule has 0 amide bonds. The van der Waals surface area contributed by atoms with Crippen molar-refractivity contribution in [3.63, 3.8) is 0 Å². The van der Waals surface area contributed by atoms with Crippen LogP contribution in [0.15, 0.2) is 34.4 Å². The van der Waals surface area contributed by atoms with Crippen LogP contribution in [0.2, 0.25) is 0 Å². The van der Waals surface area contributed by atoms with Crippen molar-refractivity contribution in [1.29, 1.82) is 0 Å². The van der Waals surface area contributed by atoms with Crippen molar-refractivity contribution >= 4 is 10.1 Å². The zero-order chi connectivity index (χ0) is 13.9. The molecule has 1 aromatic rings. The van der Waals surface area contributed by atoms with Crippen LogP contribution in [0.5, 0.6) is 0 Å². The molecule has 1 atom stereocenters. The van der Waals surface area contributed by atoms with Crippen LogP contribution in [0.25, 0.3) is 0 Å². The first kappa shape index (κ1) is 14.0. The molecule has 0 saturated carbocycles. The van der Waals surface area contributed by atoms with E-state index in [9.17, 15) is 13.3 Å². The Morgan fingerprint density at radius 3 is 2.68 bits per heavy atom. The molecule has 1 aliphatic heterocycles. The predicted octanol–water partition coefficient (Wildman–Crippen LogP) is 1.85. The van der Waals surface area contributed by atoms with Gasteiger partial charge in [0, 0.05) is 6.54 Å². The lowest BCUT2D eigenvalue weighted by atomic mass is 10.2. The number of nitroso groups, excluding NO2 is 1. The van der Waals surface area contributed by atoms with E-state index in [1.54, 1.807) is 12.1 Å². The monoisotopic (exact) mass is 284 g/mol. The highest BCUT2D eigenvalue weighted by Gasteiger charge is 2.27. The highest BCUT2D eigenvalue weighted by atomic mass is 32.2. The molecule has 104 valence electrons. The fourth-order valence-electron chi connectivity index (χ4n) is 2.04. The Morgan fingerprint density at radius 1 is 1.37 bits per heavy atom. The molecule has 1 unspecified atom stereocenters. The minimum absolute atomic E-state index is 0.0397. The van der Waals surface area contributed by atoms with E-state index in [2.05, 4.69) is 5.29 Å². The molecule has 1 aromatic carbocycles. The summed E-state index contributed by atoms with van der Waals surface area (Å²) in [5.41, 5.74) is 0.978. The van der Waals surface area contributed by atoms with E-state index in [4.69, 9.17) is 4.18 Å². The fourth-order valence-corrected chi connectivity index (χ4v) is 2.98. The highest BCUT2D eigenvalue weighted by Crippen LogP contribution is 2.20. The summed E-state index contributed by atoms with van der Waals surface area (Å²) in [7, 11) is -3.77. The van der Waals surface area contributed by atoms with Gasteiger partial charge in [0.05, 0.1) is 22.8 Å². The highest BCUT2D eigenvalue weighted by molar-refractivity contribution is 7.86. The molecule has 0 aliphatic carbocycles. The van der Waals surface area contributed by atoms with Gasteiger partial charge >= 0.3 is 0 Å². The van der Waals surface area contributed by atoms with Crippen LogP contribution in [-0.4, -0.2) is 32.6 Å². The van der Waals surface area contributed by atoms with Crippen LogP contribution in [0.1, 0.15) is 18.4 Å². The molecule has 7 heteroatoms. The summed E-state index contributed by atoms with van der Waals surface area (Å²) in [6.45, 7) is 2.40. The van der Waals surface area contributed by atoms with E-state index in [0.717, 1.165) is 18.4 Å². The SMILES string of the molecule is Cc1ccc(S(=O)(=O)OCC2CCCN2N=O)cc1. The Balaban J connectivity index is 2.01. The van der Waals surface area contributed by atoms with Crippen LogP contribution in [0, 0.1) is 11.8 Å². The molecular formula is C12H16N2O4S. The fraction of sp³-hybridized carbons (Fsp3) is 0.500. The quantitative estimate of drug-likeness (QED) is 0.609. The maximum Gasteiger partial charge on any atom is 0.297 e. The van der Waals surface area contributed by atoms with E-state index in [1.165, 1.54) is 17.1 Å². The number of aryl methyl sites for hydroxylation is 1. The summed E-state index contributed by atoms with van der Waals surface area (Å²) >= 11 is 0. The van der Waals surface area contributed by atoms with Crippen molar-refractivity contribution in [2.45, 2.75) is 30.7 Å². The molecule has 0 spiro atoms. The molecule has 1 saturated heterocycles. The van der Waals surface area contributed by atoms with E-state index in [-0.39, 0.29) is 17.5 Å². The van der Waals surface area contributed by atoms with Gasteiger partial charge in [-0.3, -0.25) is 9.19 Å². The lowest BCUT2D eigenvalue weighted by Crippen LogP contribution is -2.29.